The predicted molar refractivity (Wildman–Crippen MR) is 93.4 cm³/mol. The van der Waals surface area contributed by atoms with Crippen LogP contribution in [0.15, 0.2) is 42.5 Å². The van der Waals surface area contributed by atoms with Gasteiger partial charge >= 0.3 is 6.09 Å². The lowest BCUT2D eigenvalue weighted by Gasteiger charge is -2.12. The zero-order chi connectivity index (χ0) is 19.1. The quantitative estimate of drug-likeness (QED) is 0.711. The van der Waals surface area contributed by atoms with Crippen molar-refractivity contribution in [1.29, 1.82) is 0 Å². The molecule has 0 saturated carbocycles. The van der Waals surface area contributed by atoms with Gasteiger partial charge in [-0.1, -0.05) is 11.6 Å². The maximum atomic E-state index is 13.0. The van der Waals surface area contributed by atoms with Crippen molar-refractivity contribution in [2.24, 2.45) is 0 Å². The van der Waals surface area contributed by atoms with Crippen LogP contribution in [0.25, 0.3) is 0 Å². The van der Waals surface area contributed by atoms with Crippen molar-refractivity contribution in [1.82, 2.24) is 10.9 Å². The minimum atomic E-state index is -0.827. The number of rotatable bonds is 4. The van der Waals surface area contributed by atoms with Gasteiger partial charge in [0.15, 0.2) is 0 Å². The number of hydrogen-bond acceptors (Lipinski definition) is 4. The second kappa shape index (κ2) is 8.82. The Morgan fingerprint density at radius 2 is 1.73 bits per heavy atom. The fourth-order valence-electron chi connectivity index (χ4n) is 1.96. The van der Waals surface area contributed by atoms with Crippen LogP contribution in [0.5, 0.6) is 0 Å². The molecule has 0 fully saturated rings. The molecule has 0 unspecified atom stereocenters. The normalized spacial score (nSPS) is 9.96. The summed E-state index contributed by atoms with van der Waals surface area (Å²) in [7, 11) is 0. The molecule has 7 nitrogen and oxygen atoms in total. The third kappa shape index (κ3) is 5.18. The van der Waals surface area contributed by atoms with Crippen LogP contribution in [0.4, 0.5) is 14.9 Å². The van der Waals surface area contributed by atoms with E-state index >= 15 is 0 Å². The molecule has 2 aromatic carbocycles. The summed E-state index contributed by atoms with van der Waals surface area (Å²) in [6.07, 6.45) is -0.827. The molecule has 0 spiro atoms. The van der Waals surface area contributed by atoms with Gasteiger partial charge in [-0.3, -0.25) is 15.0 Å². The van der Waals surface area contributed by atoms with Crippen LogP contribution >= 0.6 is 11.6 Å². The second-order valence-electron chi connectivity index (χ2n) is 4.95. The molecule has 3 N–H and O–H groups in total. The summed E-state index contributed by atoms with van der Waals surface area (Å²) in [6.45, 7) is 1.76. The largest absolute Gasteiger partial charge is 0.449 e. The number of carbonyl (C=O) groups is 3. The Labute approximate surface area is 153 Å². The van der Waals surface area contributed by atoms with Gasteiger partial charge < -0.3 is 10.1 Å². The highest BCUT2D eigenvalue weighted by molar-refractivity contribution is 6.31. The summed E-state index contributed by atoms with van der Waals surface area (Å²) in [5.41, 5.74) is 4.60. The van der Waals surface area contributed by atoms with Gasteiger partial charge in [0.25, 0.3) is 11.8 Å². The highest BCUT2D eigenvalue weighted by Crippen LogP contribution is 2.22. The van der Waals surface area contributed by atoms with Crippen molar-refractivity contribution in [3.63, 3.8) is 0 Å². The van der Waals surface area contributed by atoms with Crippen molar-refractivity contribution in [2.45, 2.75) is 6.92 Å². The molecular formula is C17H15ClFN3O4. The fraction of sp³-hybridized carbons (Fsp3) is 0.118. The van der Waals surface area contributed by atoms with Gasteiger partial charge in [0.1, 0.15) is 5.82 Å². The number of anilines is 1. The number of carbonyl (C=O) groups excluding carboxylic acids is 3. The lowest BCUT2D eigenvalue weighted by molar-refractivity contribution is 0.0913. The van der Waals surface area contributed by atoms with E-state index in [1.165, 1.54) is 30.3 Å². The molecule has 0 aromatic heterocycles. The highest BCUT2D eigenvalue weighted by Gasteiger charge is 2.16. The van der Waals surface area contributed by atoms with Crippen molar-refractivity contribution >= 4 is 35.2 Å². The molecule has 2 aromatic rings. The molecule has 26 heavy (non-hydrogen) atoms. The van der Waals surface area contributed by atoms with E-state index in [1.54, 1.807) is 6.92 Å². The van der Waals surface area contributed by atoms with E-state index in [2.05, 4.69) is 20.9 Å². The van der Waals surface area contributed by atoms with E-state index in [-0.39, 0.29) is 28.4 Å². The first kappa shape index (κ1) is 19.2. The smallest absolute Gasteiger partial charge is 0.426 e. The van der Waals surface area contributed by atoms with Crippen molar-refractivity contribution in [3.05, 3.63) is 64.4 Å². The van der Waals surface area contributed by atoms with Crippen molar-refractivity contribution < 1.29 is 23.5 Å². The van der Waals surface area contributed by atoms with Crippen LogP contribution in [-0.2, 0) is 4.74 Å². The zero-order valence-corrected chi connectivity index (χ0v) is 14.4. The maximum absolute atomic E-state index is 13.0. The molecule has 0 aliphatic carbocycles. The Morgan fingerprint density at radius 1 is 1.04 bits per heavy atom. The fourth-order valence-corrected chi connectivity index (χ4v) is 2.13. The molecule has 9 heteroatoms. The summed E-state index contributed by atoms with van der Waals surface area (Å²) >= 11 is 5.92. The minimum absolute atomic E-state index is 0.0571. The number of hydrogen-bond donors (Lipinski definition) is 3. The summed E-state index contributed by atoms with van der Waals surface area (Å²) in [5.74, 6) is -1.72. The number of hydrazine groups is 1. The molecule has 0 aliphatic heterocycles. The van der Waals surface area contributed by atoms with Gasteiger partial charge in [-0.2, -0.15) is 0 Å². The molecule has 0 radical (unpaired) electrons. The molecule has 3 amide bonds. The molecule has 0 heterocycles. The molecule has 0 saturated heterocycles. The molecule has 0 aliphatic rings. The van der Waals surface area contributed by atoms with Gasteiger partial charge in [0, 0.05) is 10.6 Å². The van der Waals surface area contributed by atoms with E-state index in [9.17, 15) is 18.8 Å². The van der Waals surface area contributed by atoms with Gasteiger partial charge in [-0.25, -0.2) is 14.6 Å². The van der Waals surface area contributed by atoms with E-state index in [4.69, 9.17) is 11.6 Å². The van der Waals surface area contributed by atoms with Crippen LogP contribution in [0.2, 0.25) is 5.02 Å². The lowest BCUT2D eigenvalue weighted by Crippen LogP contribution is -2.42. The Kier molecular flexibility index (Phi) is 6.51. The van der Waals surface area contributed by atoms with Crippen LogP contribution in [0, 0.1) is 5.82 Å². The molecule has 0 bridgehead atoms. The topological polar surface area (TPSA) is 96.5 Å². The van der Waals surface area contributed by atoms with Crippen molar-refractivity contribution in [3.8, 4) is 0 Å². The summed E-state index contributed by atoms with van der Waals surface area (Å²) in [5, 5.41) is 2.82. The average Bonchev–Trinajstić information content (AvgIpc) is 2.60. The van der Waals surface area contributed by atoms with Crippen LogP contribution in [-0.4, -0.2) is 24.5 Å². The minimum Gasteiger partial charge on any atom is -0.449 e. The van der Waals surface area contributed by atoms with E-state index in [1.807, 2.05) is 0 Å². The SMILES string of the molecule is CCOC(=O)NNC(=O)c1ccc(Cl)cc1NC(=O)c1ccc(F)cc1. The number of benzene rings is 2. The molecule has 2 rings (SSSR count). The lowest BCUT2D eigenvalue weighted by atomic mass is 10.1. The zero-order valence-electron chi connectivity index (χ0n) is 13.6. The maximum Gasteiger partial charge on any atom is 0.426 e. The first-order valence-electron chi connectivity index (χ1n) is 7.50. The summed E-state index contributed by atoms with van der Waals surface area (Å²) in [6, 6.07) is 9.10. The number of ether oxygens (including phenoxy) is 1. The molecular weight excluding hydrogens is 365 g/mol. The number of amides is 3. The van der Waals surface area contributed by atoms with E-state index in [0.717, 1.165) is 12.1 Å². The Balaban J connectivity index is 2.16. The standard InChI is InChI=1S/C17H15ClFN3O4/c1-2-26-17(25)22-21-16(24)13-8-5-11(18)9-14(13)20-15(23)10-3-6-12(19)7-4-10/h3-9H,2H2,1H3,(H,20,23)(H,21,24)(H,22,25). The van der Waals surface area contributed by atoms with Gasteiger partial charge in [-0.15, -0.1) is 0 Å². The Morgan fingerprint density at radius 3 is 2.38 bits per heavy atom. The predicted octanol–water partition coefficient (Wildman–Crippen LogP) is 3.12. The van der Waals surface area contributed by atoms with Crippen molar-refractivity contribution in [2.75, 3.05) is 11.9 Å². The Hall–Kier alpha value is -3.13. The monoisotopic (exact) mass is 379 g/mol. The Bertz CT molecular complexity index is 827. The van der Waals surface area contributed by atoms with E-state index in [0.29, 0.717) is 0 Å². The third-order valence-electron chi connectivity index (χ3n) is 3.13. The number of nitrogens with one attached hydrogen (secondary N) is 3. The van der Waals surface area contributed by atoms with Crippen LogP contribution in [0.1, 0.15) is 27.6 Å². The van der Waals surface area contributed by atoms with Crippen LogP contribution < -0.4 is 16.2 Å². The summed E-state index contributed by atoms with van der Waals surface area (Å²) < 4.78 is 17.6. The van der Waals surface area contributed by atoms with E-state index < -0.39 is 23.7 Å². The molecule has 136 valence electrons. The average molecular weight is 380 g/mol. The van der Waals surface area contributed by atoms with Crippen LogP contribution in [0.3, 0.4) is 0 Å². The van der Waals surface area contributed by atoms with Gasteiger partial charge in [0.05, 0.1) is 17.9 Å². The molecule has 0 atom stereocenters. The highest BCUT2D eigenvalue weighted by atomic mass is 35.5. The number of halogens is 2. The summed E-state index contributed by atoms with van der Waals surface area (Å²) in [4.78, 5) is 35.7. The third-order valence-corrected chi connectivity index (χ3v) is 3.37. The first-order chi connectivity index (χ1) is 12.4. The van der Waals surface area contributed by atoms with Gasteiger partial charge in [0.2, 0.25) is 0 Å². The second-order valence-corrected chi connectivity index (χ2v) is 5.39. The van der Waals surface area contributed by atoms with Gasteiger partial charge in [-0.05, 0) is 49.4 Å². The first-order valence-corrected chi connectivity index (χ1v) is 7.88.